The lowest BCUT2D eigenvalue weighted by Crippen LogP contribution is -1.83. The number of hydrogen-bond donors (Lipinski definition) is 0. The van der Waals surface area contributed by atoms with Crippen LogP contribution in [0.2, 0.25) is 0 Å². The molecule has 2 rings (SSSR count). The van der Waals surface area contributed by atoms with Gasteiger partial charge in [0.15, 0.2) is 6.29 Å². The van der Waals surface area contributed by atoms with Gasteiger partial charge in [0.05, 0.1) is 5.56 Å². The van der Waals surface area contributed by atoms with E-state index >= 15 is 0 Å². The number of furan rings is 1. The van der Waals surface area contributed by atoms with Crippen LogP contribution >= 0.6 is 0 Å². The van der Waals surface area contributed by atoms with Crippen molar-refractivity contribution in [2.24, 2.45) is 0 Å². The fourth-order valence-corrected chi connectivity index (χ4v) is 1.51. The van der Waals surface area contributed by atoms with Crippen LogP contribution in [0.15, 0.2) is 28.7 Å². The molecule has 0 aliphatic carbocycles. The summed E-state index contributed by atoms with van der Waals surface area (Å²) in [5.41, 5.74) is 1.49. The van der Waals surface area contributed by atoms with Crippen molar-refractivity contribution in [3.8, 4) is 0 Å². The van der Waals surface area contributed by atoms with Crippen LogP contribution in [0, 0.1) is 0 Å². The van der Waals surface area contributed by atoms with Gasteiger partial charge in [-0.1, -0.05) is 25.1 Å². The Morgan fingerprint density at radius 1 is 1.38 bits per heavy atom. The highest BCUT2D eigenvalue weighted by atomic mass is 16.3. The molecule has 13 heavy (non-hydrogen) atoms. The number of carbonyl (C=O) groups is 1. The zero-order valence-electron chi connectivity index (χ0n) is 7.41. The summed E-state index contributed by atoms with van der Waals surface area (Å²) in [7, 11) is 0. The molecule has 0 fully saturated rings. The highest BCUT2D eigenvalue weighted by Gasteiger charge is 2.10. The van der Waals surface area contributed by atoms with E-state index in [-0.39, 0.29) is 0 Å². The average molecular weight is 174 g/mol. The van der Waals surface area contributed by atoms with E-state index in [0.717, 1.165) is 29.4 Å². The molecule has 0 unspecified atom stereocenters. The zero-order chi connectivity index (χ0) is 9.26. The first-order chi connectivity index (χ1) is 6.36. The normalized spacial score (nSPS) is 10.5. The van der Waals surface area contributed by atoms with Crippen LogP contribution in [0.25, 0.3) is 11.0 Å². The van der Waals surface area contributed by atoms with E-state index in [1.54, 1.807) is 0 Å². The predicted octanol–water partition coefficient (Wildman–Crippen LogP) is 2.81. The third-order valence-corrected chi connectivity index (χ3v) is 2.15. The van der Waals surface area contributed by atoms with E-state index < -0.39 is 0 Å². The molecule has 0 spiro atoms. The first-order valence-corrected chi connectivity index (χ1v) is 4.32. The van der Waals surface area contributed by atoms with Gasteiger partial charge < -0.3 is 4.42 Å². The standard InChI is InChI=1S/C11H10O2/c1-2-10-9(7-12)8-5-3-4-6-11(8)13-10/h3-7H,2H2,1H3. The summed E-state index contributed by atoms with van der Waals surface area (Å²) in [5.74, 6) is 0.774. The molecule has 0 aliphatic rings. The minimum absolute atomic E-state index is 0.693. The van der Waals surface area contributed by atoms with Gasteiger partial charge in [-0.05, 0) is 6.07 Å². The van der Waals surface area contributed by atoms with E-state index in [1.807, 2.05) is 31.2 Å². The summed E-state index contributed by atoms with van der Waals surface area (Å²) < 4.78 is 5.51. The number of benzene rings is 1. The van der Waals surface area contributed by atoms with Crippen molar-refractivity contribution < 1.29 is 9.21 Å². The molecule has 1 aromatic heterocycles. The summed E-state index contributed by atoms with van der Waals surface area (Å²) in [6, 6.07) is 7.59. The lowest BCUT2D eigenvalue weighted by atomic mass is 10.1. The average Bonchev–Trinajstić information content (AvgIpc) is 2.55. The fraction of sp³-hybridized carbons (Fsp3) is 0.182. The number of hydrogen-bond acceptors (Lipinski definition) is 2. The van der Waals surface area contributed by atoms with Crippen LogP contribution in [0.5, 0.6) is 0 Å². The molecule has 0 radical (unpaired) electrons. The van der Waals surface area contributed by atoms with Gasteiger partial charge in [-0.25, -0.2) is 0 Å². The number of fused-ring (bicyclic) bond motifs is 1. The van der Waals surface area contributed by atoms with E-state index in [1.165, 1.54) is 0 Å². The Morgan fingerprint density at radius 3 is 2.85 bits per heavy atom. The Bertz CT molecular complexity index is 440. The van der Waals surface area contributed by atoms with Gasteiger partial charge in [-0.3, -0.25) is 4.79 Å². The van der Waals surface area contributed by atoms with Crippen molar-refractivity contribution in [2.45, 2.75) is 13.3 Å². The Hall–Kier alpha value is -1.57. The lowest BCUT2D eigenvalue weighted by molar-refractivity contribution is 0.112. The number of aryl methyl sites for hydroxylation is 1. The van der Waals surface area contributed by atoms with Crippen molar-refractivity contribution in [3.05, 3.63) is 35.6 Å². The number of aldehydes is 1. The highest BCUT2D eigenvalue weighted by Crippen LogP contribution is 2.24. The third kappa shape index (κ3) is 1.15. The second-order valence-corrected chi connectivity index (χ2v) is 2.91. The van der Waals surface area contributed by atoms with Crippen molar-refractivity contribution in [1.82, 2.24) is 0 Å². The van der Waals surface area contributed by atoms with Gasteiger partial charge in [-0.2, -0.15) is 0 Å². The van der Waals surface area contributed by atoms with Gasteiger partial charge >= 0.3 is 0 Å². The number of para-hydroxylation sites is 1. The maximum atomic E-state index is 10.8. The minimum atomic E-state index is 0.693. The number of carbonyl (C=O) groups excluding carboxylic acids is 1. The maximum absolute atomic E-state index is 10.8. The largest absolute Gasteiger partial charge is 0.460 e. The van der Waals surface area contributed by atoms with Crippen molar-refractivity contribution in [2.75, 3.05) is 0 Å². The summed E-state index contributed by atoms with van der Waals surface area (Å²) in [5, 5.41) is 0.911. The molecule has 0 bridgehead atoms. The third-order valence-electron chi connectivity index (χ3n) is 2.15. The minimum Gasteiger partial charge on any atom is -0.460 e. The molecule has 0 saturated carbocycles. The molecule has 0 N–H and O–H groups in total. The second-order valence-electron chi connectivity index (χ2n) is 2.91. The summed E-state index contributed by atoms with van der Waals surface area (Å²) in [4.78, 5) is 10.8. The van der Waals surface area contributed by atoms with Crippen LogP contribution < -0.4 is 0 Å². The molecule has 1 aromatic carbocycles. The molecule has 2 aromatic rings. The molecule has 66 valence electrons. The first kappa shape index (κ1) is 8.05. The van der Waals surface area contributed by atoms with Crippen LogP contribution in [-0.4, -0.2) is 6.29 Å². The maximum Gasteiger partial charge on any atom is 0.154 e. The SMILES string of the molecule is CCc1oc2ccccc2c1C=O. The van der Waals surface area contributed by atoms with E-state index in [0.29, 0.717) is 5.56 Å². The van der Waals surface area contributed by atoms with Crippen LogP contribution in [0.3, 0.4) is 0 Å². The molecule has 2 nitrogen and oxygen atoms in total. The van der Waals surface area contributed by atoms with Gasteiger partial charge in [0.2, 0.25) is 0 Å². The van der Waals surface area contributed by atoms with E-state index in [2.05, 4.69) is 0 Å². The Balaban J connectivity index is 2.81. The molecule has 0 amide bonds. The Labute approximate surface area is 76.2 Å². The molecular formula is C11H10O2. The second kappa shape index (κ2) is 3.05. The molecule has 0 aliphatic heterocycles. The quantitative estimate of drug-likeness (QED) is 0.655. The van der Waals surface area contributed by atoms with Gasteiger partial charge in [0, 0.05) is 11.8 Å². The van der Waals surface area contributed by atoms with Crippen molar-refractivity contribution >= 4 is 17.3 Å². The molecular weight excluding hydrogens is 164 g/mol. The zero-order valence-corrected chi connectivity index (χ0v) is 7.41. The monoisotopic (exact) mass is 174 g/mol. The topological polar surface area (TPSA) is 30.2 Å². The van der Waals surface area contributed by atoms with Crippen LogP contribution in [0.1, 0.15) is 23.0 Å². The van der Waals surface area contributed by atoms with Crippen molar-refractivity contribution in [3.63, 3.8) is 0 Å². The summed E-state index contributed by atoms with van der Waals surface area (Å²) in [6.45, 7) is 1.98. The molecule has 1 heterocycles. The first-order valence-electron chi connectivity index (χ1n) is 4.32. The number of rotatable bonds is 2. The van der Waals surface area contributed by atoms with E-state index in [9.17, 15) is 4.79 Å². The highest BCUT2D eigenvalue weighted by molar-refractivity contribution is 5.97. The molecule has 2 heteroatoms. The van der Waals surface area contributed by atoms with Crippen LogP contribution in [0.4, 0.5) is 0 Å². The predicted molar refractivity (Wildman–Crippen MR) is 51.0 cm³/mol. The van der Waals surface area contributed by atoms with Gasteiger partial charge in [-0.15, -0.1) is 0 Å². The Kier molecular flexibility index (Phi) is 1.89. The summed E-state index contributed by atoms with van der Waals surface area (Å²) >= 11 is 0. The molecule has 0 atom stereocenters. The van der Waals surface area contributed by atoms with Gasteiger partial charge in [0.25, 0.3) is 0 Å². The smallest absolute Gasteiger partial charge is 0.154 e. The fourth-order valence-electron chi connectivity index (χ4n) is 1.51. The Morgan fingerprint density at radius 2 is 2.15 bits per heavy atom. The van der Waals surface area contributed by atoms with Crippen molar-refractivity contribution in [1.29, 1.82) is 0 Å². The lowest BCUT2D eigenvalue weighted by Gasteiger charge is -1.87. The molecule has 0 saturated heterocycles. The van der Waals surface area contributed by atoms with Gasteiger partial charge in [0.1, 0.15) is 11.3 Å². The van der Waals surface area contributed by atoms with Crippen LogP contribution in [-0.2, 0) is 6.42 Å². The summed E-state index contributed by atoms with van der Waals surface area (Å²) in [6.07, 6.45) is 1.62. The van der Waals surface area contributed by atoms with E-state index in [4.69, 9.17) is 4.42 Å².